The van der Waals surface area contributed by atoms with Gasteiger partial charge in [-0.05, 0) is 61.7 Å². The maximum Gasteiger partial charge on any atom is 0.127 e. The number of hydrogen-bond donors (Lipinski definition) is 2. The van der Waals surface area contributed by atoms with E-state index in [0.717, 1.165) is 27.8 Å². The van der Waals surface area contributed by atoms with Crippen LogP contribution in [0.2, 0.25) is 0 Å². The van der Waals surface area contributed by atoms with Crippen molar-refractivity contribution in [1.82, 2.24) is 10.3 Å². The van der Waals surface area contributed by atoms with Gasteiger partial charge in [-0.25, -0.2) is 0 Å². The predicted molar refractivity (Wildman–Crippen MR) is 103 cm³/mol. The third-order valence-electron chi connectivity index (χ3n) is 4.10. The van der Waals surface area contributed by atoms with Gasteiger partial charge in [0.15, 0.2) is 0 Å². The van der Waals surface area contributed by atoms with E-state index in [9.17, 15) is 5.11 Å². The fourth-order valence-corrected chi connectivity index (χ4v) is 2.74. The molecule has 1 heterocycles. The zero-order valence-corrected chi connectivity index (χ0v) is 15.0. The largest absolute Gasteiger partial charge is 0.507 e. The molecule has 0 bridgehead atoms. The van der Waals surface area contributed by atoms with E-state index in [2.05, 4.69) is 37.1 Å². The molecular formula is C22H24N2O. The minimum Gasteiger partial charge on any atom is -0.507 e. The second kappa shape index (κ2) is 7.08. The van der Waals surface area contributed by atoms with E-state index in [1.54, 1.807) is 12.4 Å². The zero-order chi connectivity index (χ0) is 17.9. The highest BCUT2D eigenvalue weighted by Gasteiger charge is 2.15. The molecular weight excluding hydrogens is 308 g/mol. The molecule has 0 fully saturated rings. The van der Waals surface area contributed by atoms with Crippen LogP contribution in [0.25, 0.3) is 22.3 Å². The highest BCUT2D eigenvalue weighted by molar-refractivity contribution is 5.79. The van der Waals surface area contributed by atoms with Gasteiger partial charge in [-0.2, -0.15) is 0 Å². The quantitative estimate of drug-likeness (QED) is 0.706. The smallest absolute Gasteiger partial charge is 0.127 e. The van der Waals surface area contributed by atoms with Crippen molar-refractivity contribution < 1.29 is 5.11 Å². The number of aromatic hydroxyl groups is 1. The fourth-order valence-electron chi connectivity index (χ4n) is 2.74. The Morgan fingerprint density at radius 1 is 0.880 bits per heavy atom. The SMILES string of the molecule is CC(C)(C)NCc1cc(-c2ccncc2)cc(-c2ccccc2)c1O. The molecule has 0 aliphatic carbocycles. The van der Waals surface area contributed by atoms with Crippen LogP contribution >= 0.6 is 0 Å². The Kier molecular flexibility index (Phi) is 4.86. The summed E-state index contributed by atoms with van der Waals surface area (Å²) < 4.78 is 0. The maximum absolute atomic E-state index is 10.9. The van der Waals surface area contributed by atoms with Gasteiger partial charge in [-0.3, -0.25) is 4.98 Å². The Morgan fingerprint density at radius 3 is 2.20 bits per heavy atom. The minimum absolute atomic E-state index is 0.0218. The molecule has 0 amide bonds. The molecule has 25 heavy (non-hydrogen) atoms. The lowest BCUT2D eigenvalue weighted by Crippen LogP contribution is -2.35. The molecule has 0 saturated heterocycles. The van der Waals surface area contributed by atoms with Crippen molar-refractivity contribution in [3.63, 3.8) is 0 Å². The first-order valence-corrected chi connectivity index (χ1v) is 8.51. The van der Waals surface area contributed by atoms with E-state index >= 15 is 0 Å². The minimum atomic E-state index is -0.0218. The average molecular weight is 332 g/mol. The lowest BCUT2D eigenvalue weighted by atomic mass is 9.95. The number of aromatic nitrogens is 1. The van der Waals surface area contributed by atoms with Crippen molar-refractivity contribution in [3.8, 4) is 28.0 Å². The summed E-state index contributed by atoms with van der Waals surface area (Å²) in [5.41, 5.74) is 4.89. The summed E-state index contributed by atoms with van der Waals surface area (Å²) in [6, 6.07) is 18.1. The molecule has 3 heteroatoms. The van der Waals surface area contributed by atoms with Crippen LogP contribution in [0, 0.1) is 0 Å². The lowest BCUT2D eigenvalue weighted by Gasteiger charge is -2.22. The average Bonchev–Trinajstić information content (AvgIpc) is 2.61. The van der Waals surface area contributed by atoms with Crippen LogP contribution in [0.3, 0.4) is 0 Å². The summed E-state index contributed by atoms with van der Waals surface area (Å²) >= 11 is 0. The molecule has 0 unspecified atom stereocenters. The molecule has 1 aromatic heterocycles. The van der Waals surface area contributed by atoms with Gasteiger partial charge in [0.1, 0.15) is 5.75 Å². The van der Waals surface area contributed by atoms with E-state index in [0.29, 0.717) is 12.3 Å². The molecule has 2 N–H and O–H groups in total. The Balaban J connectivity index is 2.11. The second-order valence-electron chi connectivity index (χ2n) is 7.24. The molecule has 0 saturated carbocycles. The van der Waals surface area contributed by atoms with Crippen LogP contribution in [0.5, 0.6) is 5.75 Å². The van der Waals surface area contributed by atoms with E-state index < -0.39 is 0 Å². The number of phenolic OH excluding ortho intramolecular Hbond substituents is 1. The number of rotatable bonds is 4. The van der Waals surface area contributed by atoms with Crippen molar-refractivity contribution in [1.29, 1.82) is 0 Å². The van der Waals surface area contributed by atoms with E-state index in [4.69, 9.17) is 0 Å². The third-order valence-corrected chi connectivity index (χ3v) is 4.10. The zero-order valence-electron chi connectivity index (χ0n) is 15.0. The Morgan fingerprint density at radius 2 is 1.56 bits per heavy atom. The van der Waals surface area contributed by atoms with Gasteiger partial charge >= 0.3 is 0 Å². The number of nitrogens with one attached hydrogen (secondary N) is 1. The van der Waals surface area contributed by atoms with Gasteiger partial charge < -0.3 is 10.4 Å². The van der Waals surface area contributed by atoms with Crippen LogP contribution in [-0.4, -0.2) is 15.6 Å². The summed E-state index contributed by atoms with van der Waals surface area (Å²) in [7, 11) is 0. The number of hydrogen-bond acceptors (Lipinski definition) is 3. The molecule has 0 aliphatic rings. The molecule has 0 aliphatic heterocycles. The van der Waals surface area contributed by atoms with Crippen molar-refractivity contribution >= 4 is 0 Å². The fraction of sp³-hybridized carbons (Fsp3) is 0.227. The molecule has 128 valence electrons. The Bertz CT molecular complexity index is 837. The molecule has 0 atom stereocenters. The summed E-state index contributed by atoms with van der Waals surface area (Å²) in [6.45, 7) is 6.96. The number of phenols is 1. The van der Waals surface area contributed by atoms with Gasteiger partial charge in [0, 0.05) is 35.6 Å². The Labute approximate surface area is 149 Å². The standard InChI is InChI=1S/C22H24N2O/c1-22(2,3)24-15-19-13-18(16-9-11-23-12-10-16)14-20(21(19)25)17-7-5-4-6-8-17/h4-14,24-25H,15H2,1-3H3. The first kappa shape index (κ1) is 17.2. The normalized spacial score (nSPS) is 11.5. The van der Waals surface area contributed by atoms with Gasteiger partial charge in [0.05, 0.1) is 0 Å². The second-order valence-corrected chi connectivity index (χ2v) is 7.24. The van der Waals surface area contributed by atoms with Crippen molar-refractivity contribution in [3.05, 3.63) is 72.6 Å². The topological polar surface area (TPSA) is 45.2 Å². The van der Waals surface area contributed by atoms with E-state index in [1.807, 2.05) is 48.5 Å². The van der Waals surface area contributed by atoms with Crippen LogP contribution in [-0.2, 0) is 6.54 Å². The monoisotopic (exact) mass is 332 g/mol. The summed E-state index contributed by atoms with van der Waals surface area (Å²) in [6.07, 6.45) is 3.58. The van der Waals surface area contributed by atoms with Crippen LogP contribution in [0.15, 0.2) is 67.0 Å². The Hall–Kier alpha value is -2.65. The van der Waals surface area contributed by atoms with Gasteiger partial charge in [0.2, 0.25) is 0 Å². The summed E-state index contributed by atoms with van der Waals surface area (Å²) in [4.78, 5) is 4.10. The molecule has 2 aromatic carbocycles. The lowest BCUT2D eigenvalue weighted by molar-refractivity contribution is 0.412. The first-order valence-electron chi connectivity index (χ1n) is 8.51. The van der Waals surface area contributed by atoms with Gasteiger partial charge in [0.25, 0.3) is 0 Å². The molecule has 3 nitrogen and oxygen atoms in total. The highest BCUT2D eigenvalue weighted by Crippen LogP contribution is 2.37. The van der Waals surface area contributed by atoms with Crippen LogP contribution < -0.4 is 5.32 Å². The molecule has 0 spiro atoms. The number of pyridine rings is 1. The van der Waals surface area contributed by atoms with E-state index in [-0.39, 0.29) is 5.54 Å². The molecule has 0 radical (unpaired) electrons. The number of nitrogens with zero attached hydrogens (tertiary/aromatic N) is 1. The third kappa shape index (κ3) is 4.25. The van der Waals surface area contributed by atoms with E-state index in [1.165, 1.54) is 0 Å². The molecule has 3 rings (SSSR count). The van der Waals surface area contributed by atoms with Crippen molar-refractivity contribution in [2.24, 2.45) is 0 Å². The van der Waals surface area contributed by atoms with Gasteiger partial charge in [-0.15, -0.1) is 0 Å². The highest BCUT2D eigenvalue weighted by atomic mass is 16.3. The molecule has 3 aromatic rings. The summed E-state index contributed by atoms with van der Waals surface area (Å²) in [5, 5.41) is 14.3. The van der Waals surface area contributed by atoms with Crippen molar-refractivity contribution in [2.75, 3.05) is 0 Å². The number of benzene rings is 2. The first-order chi connectivity index (χ1) is 11.9. The summed E-state index contributed by atoms with van der Waals surface area (Å²) in [5.74, 6) is 0.334. The predicted octanol–water partition coefficient (Wildman–Crippen LogP) is 5.01. The van der Waals surface area contributed by atoms with Crippen LogP contribution in [0.1, 0.15) is 26.3 Å². The maximum atomic E-state index is 10.9. The van der Waals surface area contributed by atoms with Crippen molar-refractivity contribution in [2.45, 2.75) is 32.9 Å². The van der Waals surface area contributed by atoms with Gasteiger partial charge in [-0.1, -0.05) is 30.3 Å². The van der Waals surface area contributed by atoms with Crippen LogP contribution in [0.4, 0.5) is 0 Å².